The molecule has 0 fully saturated rings. The number of hydrogen-bond donors (Lipinski definition) is 3. The van der Waals surface area contributed by atoms with Crippen molar-refractivity contribution in [2.24, 2.45) is 5.10 Å². The summed E-state index contributed by atoms with van der Waals surface area (Å²) in [5, 5.41) is 18.4. The average molecular weight is 375 g/mol. The van der Waals surface area contributed by atoms with Crippen LogP contribution in [0.4, 0.5) is 5.69 Å². The first-order chi connectivity index (χ1) is 13.4. The standard InChI is InChI=1S/C22H21N3O3/c1-14-7-9-19(15(2)11-14)24-21(27)12-22(28)25-23-13-18-17-6-4-3-5-16(17)8-10-20(18)26/h3-11,13,26H,12H2,1-2H3,(H,24,27)(H,25,28). The number of phenolic OH excluding ortho intramolecular Hbond substituents is 1. The van der Waals surface area contributed by atoms with Crippen molar-refractivity contribution in [3.05, 3.63) is 71.3 Å². The van der Waals surface area contributed by atoms with E-state index >= 15 is 0 Å². The highest BCUT2D eigenvalue weighted by Gasteiger charge is 2.10. The lowest BCUT2D eigenvalue weighted by Gasteiger charge is -2.08. The van der Waals surface area contributed by atoms with Crippen LogP contribution in [0.1, 0.15) is 23.1 Å². The molecule has 0 saturated carbocycles. The Balaban J connectivity index is 1.61. The van der Waals surface area contributed by atoms with Crippen LogP contribution >= 0.6 is 0 Å². The van der Waals surface area contributed by atoms with E-state index in [9.17, 15) is 14.7 Å². The summed E-state index contributed by atoms with van der Waals surface area (Å²) in [5.74, 6) is -0.907. The third-order valence-corrected chi connectivity index (χ3v) is 4.31. The van der Waals surface area contributed by atoms with E-state index in [1.807, 2.05) is 56.3 Å². The lowest BCUT2D eigenvalue weighted by atomic mass is 10.0. The molecular weight excluding hydrogens is 354 g/mol. The van der Waals surface area contributed by atoms with Crippen molar-refractivity contribution in [3.8, 4) is 5.75 Å². The summed E-state index contributed by atoms with van der Waals surface area (Å²) in [6.45, 7) is 3.86. The Morgan fingerprint density at radius 1 is 1.04 bits per heavy atom. The first-order valence-electron chi connectivity index (χ1n) is 8.84. The van der Waals surface area contributed by atoms with Gasteiger partial charge in [0.05, 0.1) is 6.21 Å². The molecule has 0 aliphatic carbocycles. The molecule has 0 radical (unpaired) electrons. The second kappa shape index (κ2) is 8.35. The van der Waals surface area contributed by atoms with Gasteiger partial charge in [-0.15, -0.1) is 0 Å². The highest BCUT2D eigenvalue weighted by Crippen LogP contribution is 2.25. The first-order valence-corrected chi connectivity index (χ1v) is 8.84. The monoisotopic (exact) mass is 375 g/mol. The number of carbonyl (C=O) groups is 2. The molecule has 0 unspecified atom stereocenters. The van der Waals surface area contributed by atoms with Crippen LogP contribution in [0, 0.1) is 13.8 Å². The number of rotatable bonds is 5. The molecule has 0 aromatic heterocycles. The van der Waals surface area contributed by atoms with Crippen LogP contribution < -0.4 is 10.7 Å². The van der Waals surface area contributed by atoms with E-state index in [0.29, 0.717) is 11.3 Å². The molecule has 0 saturated heterocycles. The van der Waals surface area contributed by atoms with E-state index in [-0.39, 0.29) is 12.2 Å². The summed E-state index contributed by atoms with van der Waals surface area (Å²) in [7, 11) is 0. The van der Waals surface area contributed by atoms with Crippen LogP contribution in [0.3, 0.4) is 0 Å². The molecule has 6 nitrogen and oxygen atoms in total. The van der Waals surface area contributed by atoms with E-state index in [2.05, 4.69) is 15.8 Å². The Bertz CT molecular complexity index is 1070. The second-order valence-corrected chi connectivity index (χ2v) is 6.56. The minimum absolute atomic E-state index is 0.0595. The fourth-order valence-corrected chi connectivity index (χ4v) is 2.92. The average Bonchev–Trinajstić information content (AvgIpc) is 2.66. The van der Waals surface area contributed by atoms with E-state index in [4.69, 9.17) is 0 Å². The third-order valence-electron chi connectivity index (χ3n) is 4.31. The molecule has 0 aliphatic heterocycles. The summed E-state index contributed by atoms with van der Waals surface area (Å²) >= 11 is 0. The van der Waals surface area contributed by atoms with Gasteiger partial charge in [-0.25, -0.2) is 5.43 Å². The van der Waals surface area contributed by atoms with Crippen molar-refractivity contribution in [1.82, 2.24) is 5.43 Å². The molecule has 0 spiro atoms. The van der Waals surface area contributed by atoms with Crippen LogP contribution in [0.5, 0.6) is 5.75 Å². The van der Waals surface area contributed by atoms with Crippen molar-refractivity contribution >= 4 is 34.5 Å². The Hall–Kier alpha value is -3.67. The van der Waals surface area contributed by atoms with Crippen LogP contribution in [0.15, 0.2) is 59.7 Å². The van der Waals surface area contributed by atoms with Crippen LogP contribution in [-0.4, -0.2) is 23.1 Å². The maximum atomic E-state index is 12.1. The van der Waals surface area contributed by atoms with Crippen LogP contribution in [0.25, 0.3) is 10.8 Å². The summed E-state index contributed by atoms with van der Waals surface area (Å²) < 4.78 is 0. The molecule has 3 rings (SSSR count). The predicted molar refractivity (Wildman–Crippen MR) is 111 cm³/mol. The second-order valence-electron chi connectivity index (χ2n) is 6.56. The number of aryl methyl sites for hydroxylation is 2. The minimum atomic E-state index is -0.543. The van der Waals surface area contributed by atoms with Gasteiger partial charge in [0.25, 0.3) is 0 Å². The van der Waals surface area contributed by atoms with Crippen LogP contribution in [-0.2, 0) is 9.59 Å². The molecule has 6 heteroatoms. The molecule has 3 aromatic rings. The molecule has 2 amide bonds. The van der Waals surface area contributed by atoms with Crippen molar-refractivity contribution < 1.29 is 14.7 Å². The SMILES string of the molecule is Cc1ccc(NC(=O)CC(=O)NN=Cc2c(O)ccc3ccccc23)c(C)c1. The van der Waals surface area contributed by atoms with Crippen molar-refractivity contribution in [2.45, 2.75) is 20.3 Å². The molecular formula is C22H21N3O3. The quantitative estimate of drug-likeness (QED) is 0.361. The van der Waals surface area contributed by atoms with Gasteiger partial charge < -0.3 is 10.4 Å². The number of aromatic hydroxyl groups is 1. The molecule has 3 aromatic carbocycles. The Labute approximate surface area is 162 Å². The third kappa shape index (κ3) is 4.54. The molecule has 0 bridgehead atoms. The zero-order valence-corrected chi connectivity index (χ0v) is 15.7. The first kappa shape index (κ1) is 19.1. The van der Waals surface area contributed by atoms with E-state index in [1.165, 1.54) is 6.21 Å². The van der Waals surface area contributed by atoms with Gasteiger partial charge in [-0.3, -0.25) is 9.59 Å². The smallest absolute Gasteiger partial charge is 0.249 e. The highest BCUT2D eigenvalue weighted by atomic mass is 16.3. The number of nitrogens with zero attached hydrogens (tertiary/aromatic N) is 1. The van der Waals surface area contributed by atoms with Crippen LogP contribution in [0.2, 0.25) is 0 Å². The zero-order chi connectivity index (χ0) is 20.1. The molecule has 3 N–H and O–H groups in total. The van der Waals surface area contributed by atoms with Gasteiger partial charge in [0.2, 0.25) is 11.8 Å². The number of anilines is 1. The molecule has 142 valence electrons. The number of nitrogens with one attached hydrogen (secondary N) is 2. The number of fused-ring (bicyclic) bond motifs is 1. The fraction of sp³-hybridized carbons (Fsp3) is 0.136. The lowest BCUT2D eigenvalue weighted by Crippen LogP contribution is -2.24. The number of carbonyl (C=O) groups excluding carboxylic acids is 2. The molecule has 28 heavy (non-hydrogen) atoms. The molecule has 0 heterocycles. The van der Waals surface area contributed by atoms with Gasteiger partial charge >= 0.3 is 0 Å². The molecule has 0 atom stereocenters. The summed E-state index contributed by atoms with van der Waals surface area (Å²) in [6, 6.07) is 16.6. The topological polar surface area (TPSA) is 90.8 Å². The van der Waals surface area contributed by atoms with E-state index in [0.717, 1.165) is 21.9 Å². The summed E-state index contributed by atoms with van der Waals surface area (Å²) in [5.41, 5.74) is 5.52. The Morgan fingerprint density at radius 2 is 1.82 bits per heavy atom. The van der Waals surface area contributed by atoms with Gasteiger partial charge in [0.15, 0.2) is 0 Å². The minimum Gasteiger partial charge on any atom is -0.507 e. The summed E-state index contributed by atoms with van der Waals surface area (Å²) in [4.78, 5) is 24.0. The van der Waals surface area contributed by atoms with Crippen molar-refractivity contribution in [1.29, 1.82) is 0 Å². The van der Waals surface area contributed by atoms with Crippen molar-refractivity contribution in [3.63, 3.8) is 0 Å². The normalized spacial score (nSPS) is 10.9. The van der Waals surface area contributed by atoms with Gasteiger partial charge in [-0.1, -0.05) is 48.0 Å². The maximum absolute atomic E-state index is 12.1. The Morgan fingerprint density at radius 3 is 2.61 bits per heavy atom. The van der Waals surface area contributed by atoms with Gasteiger partial charge in [-0.2, -0.15) is 5.10 Å². The lowest BCUT2D eigenvalue weighted by molar-refractivity contribution is -0.126. The number of phenols is 1. The highest BCUT2D eigenvalue weighted by molar-refractivity contribution is 6.05. The summed E-state index contributed by atoms with van der Waals surface area (Å²) in [6.07, 6.45) is 1.02. The number of benzene rings is 3. The number of hydrazone groups is 1. The van der Waals surface area contributed by atoms with Crippen molar-refractivity contribution in [2.75, 3.05) is 5.32 Å². The van der Waals surface area contributed by atoms with Gasteiger partial charge in [0.1, 0.15) is 12.2 Å². The van der Waals surface area contributed by atoms with Gasteiger partial charge in [-0.05, 0) is 42.3 Å². The Kier molecular flexibility index (Phi) is 5.69. The largest absolute Gasteiger partial charge is 0.507 e. The van der Waals surface area contributed by atoms with Gasteiger partial charge in [0, 0.05) is 11.3 Å². The number of hydrogen-bond acceptors (Lipinski definition) is 4. The number of amides is 2. The zero-order valence-electron chi connectivity index (χ0n) is 15.7. The fourth-order valence-electron chi connectivity index (χ4n) is 2.92. The van der Waals surface area contributed by atoms with E-state index in [1.54, 1.807) is 12.1 Å². The van der Waals surface area contributed by atoms with E-state index < -0.39 is 11.8 Å². The maximum Gasteiger partial charge on any atom is 0.249 e. The predicted octanol–water partition coefficient (Wildman–Crippen LogP) is 3.64. The molecule has 0 aliphatic rings.